The van der Waals surface area contributed by atoms with Crippen LogP contribution in [0.15, 0.2) is 0 Å². The lowest BCUT2D eigenvalue weighted by molar-refractivity contribution is 0.107. The van der Waals surface area contributed by atoms with E-state index in [1.54, 1.807) is 0 Å². The molecule has 1 fully saturated rings. The molecular formula is C13H27N. The molecule has 1 unspecified atom stereocenters. The van der Waals surface area contributed by atoms with Gasteiger partial charge in [0.25, 0.3) is 0 Å². The fourth-order valence-corrected chi connectivity index (χ4v) is 2.63. The summed E-state index contributed by atoms with van der Waals surface area (Å²) in [4.78, 5) is 2.72. The molecule has 0 radical (unpaired) electrons. The maximum absolute atomic E-state index is 2.72. The summed E-state index contributed by atoms with van der Waals surface area (Å²) in [5, 5.41) is 0. The minimum atomic E-state index is 0.817. The summed E-state index contributed by atoms with van der Waals surface area (Å²) < 4.78 is 0. The van der Waals surface area contributed by atoms with Crippen LogP contribution in [0.25, 0.3) is 0 Å². The average Bonchev–Trinajstić information content (AvgIpc) is 2.18. The SMILES string of the molecule is CCCCCC(C)N1CCCC[C@@H]1C. The van der Waals surface area contributed by atoms with E-state index in [1.165, 1.54) is 51.5 Å². The van der Waals surface area contributed by atoms with Crippen molar-refractivity contribution in [2.45, 2.75) is 77.8 Å². The molecule has 1 nitrogen and oxygen atoms in total. The van der Waals surface area contributed by atoms with Gasteiger partial charge in [-0.25, -0.2) is 0 Å². The standard InChI is InChI=1S/C13H27N/c1-4-5-6-9-12(2)14-11-8-7-10-13(14)3/h12-13H,4-11H2,1-3H3/t12?,13-/m0/s1. The molecule has 14 heavy (non-hydrogen) atoms. The summed E-state index contributed by atoms with van der Waals surface area (Å²) in [6.07, 6.45) is 9.85. The van der Waals surface area contributed by atoms with Crippen molar-refractivity contribution in [3.05, 3.63) is 0 Å². The molecule has 0 aromatic carbocycles. The van der Waals surface area contributed by atoms with Crippen molar-refractivity contribution in [1.29, 1.82) is 0 Å². The Hall–Kier alpha value is -0.0400. The molecule has 1 heteroatoms. The van der Waals surface area contributed by atoms with Crippen molar-refractivity contribution >= 4 is 0 Å². The van der Waals surface area contributed by atoms with Crippen molar-refractivity contribution in [3.63, 3.8) is 0 Å². The van der Waals surface area contributed by atoms with Crippen LogP contribution in [-0.4, -0.2) is 23.5 Å². The molecule has 0 aliphatic carbocycles. The van der Waals surface area contributed by atoms with Crippen LogP contribution in [0.3, 0.4) is 0 Å². The number of piperidine rings is 1. The summed E-state index contributed by atoms with van der Waals surface area (Å²) in [7, 11) is 0. The van der Waals surface area contributed by atoms with Crippen molar-refractivity contribution in [3.8, 4) is 0 Å². The lowest BCUT2D eigenvalue weighted by Gasteiger charge is -2.38. The Balaban J connectivity index is 2.23. The average molecular weight is 197 g/mol. The summed E-state index contributed by atoms with van der Waals surface area (Å²) in [5.41, 5.74) is 0. The number of rotatable bonds is 5. The van der Waals surface area contributed by atoms with Gasteiger partial charge >= 0.3 is 0 Å². The number of nitrogens with zero attached hydrogens (tertiary/aromatic N) is 1. The largest absolute Gasteiger partial charge is 0.298 e. The summed E-state index contributed by atoms with van der Waals surface area (Å²) >= 11 is 0. The van der Waals surface area contributed by atoms with E-state index in [0.717, 1.165) is 12.1 Å². The van der Waals surface area contributed by atoms with Gasteiger partial charge in [0.1, 0.15) is 0 Å². The van der Waals surface area contributed by atoms with E-state index in [0.29, 0.717) is 0 Å². The Morgan fingerprint density at radius 3 is 2.71 bits per heavy atom. The van der Waals surface area contributed by atoms with Crippen molar-refractivity contribution in [1.82, 2.24) is 4.90 Å². The van der Waals surface area contributed by atoms with Crippen LogP contribution in [0, 0.1) is 0 Å². The van der Waals surface area contributed by atoms with E-state index >= 15 is 0 Å². The first-order valence-corrected chi connectivity index (χ1v) is 6.51. The lowest BCUT2D eigenvalue weighted by atomic mass is 9.99. The van der Waals surface area contributed by atoms with Gasteiger partial charge in [-0.2, -0.15) is 0 Å². The smallest absolute Gasteiger partial charge is 0.00697 e. The van der Waals surface area contributed by atoms with Crippen LogP contribution >= 0.6 is 0 Å². The zero-order chi connectivity index (χ0) is 10.4. The molecule has 0 spiro atoms. The summed E-state index contributed by atoms with van der Waals surface area (Å²) in [6, 6.07) is 1.65. The first-order chi connectivity index (χ1) is 6.75. The first-order valence-electron chi connectivity index (χ1n) is 6.51. The monoisotopic (exact) mass is 197 g/mol. The quantitative estimate of drug-likeness (QED) is 0.605. The highest BCUT2D eigenvalue weighted by Crippen LogP contribution is 2.21. The van der Waals surface area contributed by atoms with Crippen LogP contribution in [0.4, 0.5) is 0 Å². The third-order valence-electron chi connectivity index (χ3n) is 3.65. The lowest BCUT2D eigenvalue weighted by Crippen LogP contribution is -2.43. The number of hydrogen-bond donors (Lipinski definition) is 0. The third kappa shape index (κ3) is 3.61. The molecule has 0 aromatic rings. The Kier molecular flexibility index (Phi) is 5.54. The molecule has 1 saturated heterocycles. The minimum Gasteiger partial charge on any atom is -0.298 e. The molecule has 0 aromatic heterocycles. The predicted octanol–water partition coefficient (Wildman–Crippen LogP) is 3.83. The summed E-state index contributed by atoms with van der Waals surface area (Å²) in [6.45, 7) is 8.44. The van der Waals surface area contributed by atoms with Gasteiger partial charge in [0.2, 0.25) is 0 Å². The van der Waals surface area contributed by atoms with Crippen LogP contribution in [0.1, 0.15) is 65.7 Å². The minimum absolute atomic E-state index is 0.817. The van der Waals surface area contributed by atoms with Crippen LogP contribution in [-0.2, 0) is 0 Å². The highest BCUT2D eigenvalue weighted by atomic mass is 15.2. The van der Waals surface area contributed by atoms with Gasteiger partial charge in [0.15, 0.2) is 0 Å². The zero-order valence-corrected chi connectivity index (χ0v) is 10.3. The molecule has 1 heterocycles. The Bertz CT molecular complexity index is 144. The van der Waals surface area contributed by atoms with Crippen molar-refractivity contribution in [2.75, 3.05) is 6.54 Å². The van der Waals surface area contributed by atoms with E-state index in [9.17, 15) is 0 Å². The molecular weight excluding hydrogens is 170 g/mol. The van der Waals surface area contributed by atoms with Gasteiger partial charge in [-0.05, 0) is 39.7 Å². The maximum atomic E-state index is 2.72. The maximum Gasteiger partial charge on any atom is 0.00697 e. The second-order valence-corrected chi connectivity index (χ2v) is 4.93. The molecule has 1 aliphatic heterocycles. The summed E-state index contributed by atoms with van der Waals surface area (Å²) in [5.74, 6) is 0. The van der Waals surface area contributed by atoms with E-state index in [2.05, 4.69) is 25.7 Å². The van der Waals surface area contributed by atoms with Crippen molar-refractivity contribution in [2.24, 2.45) is 0 Å². The van der Waals surface area contributed by atoms with Crippen LogP contribution in [0.5, 0.6) is 0 Å². The molecule has 2 atom stereocenters. The van der Waals surface area contributed by atoms with Gasteiger partial charge < -0.3 is 0 Å². The second kappa shape index (κ2) is 6.44. The zero-order valence-electron chi connectivity index (χ0n) is 10.3. The van der Waals surface area contributed by atoms with E-state index in [-0.39, 0.29) is 0 Å². The molecule has 1 rings (SSSR count). The van der Waals surface area contributed by atoms with E-state index in [1.807, 2.05) is 0 Å². The molecule has 84 valence electrons. The molecule has 0 saturated carbocycles. The fraction of sp³-hybridized carbons (Fsp3) is 1.00. The topological polar surface area (TPSA) is 3.24 Å². The predicted molar refractivity (Wildman–Crippen MR) is 63.6 cm³/mol. The molecule has 0 bridgehead atoms. The Morgan fingerprint density at radius 2 is 2.07 bits per heavy atom. The van der Waals surface area contributed by atoms with Crippen molar-refractivity contribution < 1.29 is 0 Å². The molecule has 0 N–H and O–H groups in total. The number of hydrogen-bond acceptors (Lipinski definition) is 1. The van der Waals surface area contributed by atoms with Crippen LogP contribution in [0.2, 0.25) is 0 Å². The normalized spacial score (nSPS) is 26.4. The molecule has 1 aliphatic rings. The molecule has 0 amide bonds. The fourth-order valence-electron chi connectivity index (χ4n) is 2.63. The van der Waals surface area contributed by atoms with Crippen LogP contribution < -0.4 is 0 Å². The highest BCUT2D eigenvalue weighted by molar-refractivity contribution is 4.77. The Labute approximate surface area is 89.9 Å². The second-order valence-electron chi connectivity index (χ2n) is 4.93. The van der Waals surface area contributed by atoms with Gasteiger partial charge in [-0.1, -0.05) is 32.6 Å². The first kappa shape index (κ1) is 12.0. The van der Waals surface area contributed by atoms with E-state index in [4.69, 9.17) is 0 Å². The highest BCUT2D eigenvalue weighted by Gasteiger charge is 2.22. The van der Waals surface area contributed by atoms with Gasteiger partial charge in [0.05, 0.1) is 0 Å². The van der Waals surface area contributed by atoms with Gasteiger partial charge in [-0.15, -0.1) is 0 Å². The van der Waals surface area contributed by atoms with E-state index < -0.39 is 0 Å². The Morgan fingerprint density at radius 1 is 1.29 bits per heavy atom. The third-order valence-corrected chi connectivity index (χ3v) is 3.65. The number of likely N-dealkylation sites (tertiary alicyclic amines) is 1. The van der Waals surface area contributed by atoms with Gasteiger partial charge in [-0.3, -0.25) is 4.90 Å². The van der Waals surface area contributed by atoms with Gasteiger partial charge in [0, 0.05) is 12.1 Å². The number of unbranched alkanes of at least 4 members (excludes halogenated alkanes) is 2.